The largest absolute Gasteiger partial charge is 0.373 e. The van der Waals surface area contributed by atoms with Crippen LogP contribution in [0.2, 0.25) is 0 Å². The molecule has 0 aromatic heterocycles. The van der Waals surface area contributed by atoms with Crippen molar-refractivity contribution < 1.29 is 4.74 Å². The number of unbranched alkanes of at least 4 members (excludes halogenated alkanes) is 6. The summed E-state index contributed by atoms with van der Waals surface area (Å²) < 4.78 is 5.18. The molecule has 0 radical (unpaired) electrons. The summed E-state index contributed by atoms with van der Waals surface area (Å²) >= 11 is 0. The minimum absolute atomic E-state index is 0.607. The van der Waals surface area contributed by atoms with E-state index in [2.05, 4.69) is 30.3 Å². The Morgan fingerprint density at radius 3 is 2.39 bits per heavy atom. The molecule has 0 spiro atoms. The van der Waals surface area contributed by atoms with Crippen LogP contribution in [0, 0.1) is 23.7 Å². The average Bonchev–Trinajstić information content (AvgIpc) is 3.19. The molecule has 18 heavy (non-hydrogen) atoms. The van der Waals surface area contributed by atoms with Crippen molar-refractivity contribution in [2.75, 3.05) is 6.61 Å². The summed E-state index contributed by atoms with van der Waals surface area (Å²) in [5, 5.41) is 0. The monoisotopic (exact) mass is 244 g/mol. The Hall–Kier alpha value is -1.18. The van der Waals surface area contributed by atoms with Gasteiger partial charge in [0.05, 0.1) is 12.7 Å². The van der Waals surface area contributed by atoms with Gasteiger partial charge in [-0.1, -0.05) is 43.6 Å². The molecule has 1 atom stereocenters. The average molecular weight is 244 g/mol. The molecule has 0 aromatic rings. The van der Waals surface area contributed by atoms with Gasteiger partial charge in [0.2, 0.25) is 0 Å². The number of hydrogen-bond acceptors (Lipinski definition) is 1. The standard InChI is InChI=1S/C17H24O/c1-2-3-4-5-6-7-8-9-10-11-12-13-14-15-17-16-18-17/h2,17H,1,3-4,9-16H2/t17-/m1/s1. The first-order valence-electron chi connectivity index (χ1n) is 7.11. The van der Waals surface area contributed by atoms with Gasteiger partial charge in [0.1, 0.15) is 0 Å². The van der Waals surface area contributed by atoms with Crippen molar-refractivity contribution in [3.8, 4) is 23.7 Å². The third-order valence-electron chi connectivity index (χ3n) is 2.94. The maximum Gasteiger partial charge on any atom is 0.0810 e. The first-order valence-corrected chi connectivity index (χ1v) is 7.11. The normalized spacial score (nSPS) is 16.1. The van der Waals surface area contributed by atoms with Crippen LogP contribution in [0.15, 0.2) is 12.7 Å². The van der Waals surface area contributed by atoms with Gasteiger partial charge < -0.3 is 4.74 Å². The van der Waals surface area contributed by atoms with Gasteiger partial charge >= 0.3 is 0 Å². The Kier molecular flexibility index (Phi) is 9.04. The van der Waals surface area contributed by atoms with Crippen LogP contribution in [-0.4, -0.2) is 12.7 Å². The van der Waals surface area contributed by atoms with Crippen molar-refractivity contribution in [1.82, 2.24) is 0 Å². The lowest BCUT2D eigenvalue weighted by atomic mass is 10.1. The second kappa shape index (κ2) is 10.9. The Balaban J connectivity index is 1.80. The molecule has 1 aliphatic heterocycles. The first-order chi connectivity index (χ1) is 8.93. The second-order valence-corrected chi connectivity index (χ2v) is 4.69. The van der Waals surface area contributed by atoms with Crippen LogP contribution in [0.25, 0.3) is 0 Å². The predicted molar refractivity (Wildman–Crippen MR) is 77.0 cm³/mol. The molecule has 1 nitrogen and oxygen atoms in total. The number of rotatable bonds is 9. The molecule has 0 amide bonds. The summed E-state index contributed by atoms with van der Waals surface area (Å²) in [5.41, 5.74) is 0. The van der Waals surface area contributed by atoms with E-state index in [9.17, 15) is 0 Å². The van der Waals surface area contributed by atoms with E-state index in [0.717, 1.165) is 25.9 Å². The van der Waals surface area contributed by atoms with Crippen molar-refractivity contribution in [2.45, 2.75) is 63.9 Å². The van der Waals surface area contributed by atoms with Gasteiger partial charge in [-0.3, -0.25) is 0 Å². The Bertz CT molecular complexity index is 330. The molecule has 0 aliphatic carbocycles. The molecule has 1 heterocycles. The first kappa shape index (κ1) is 14.9. The predicted octanol–water partition coefficient (Wildman–Crippen LogP) is 4.09. The van der Waals surface area contributed by atoms with Gasteiger partial charge in [0, 0.05) is 12.8 Å². The topological polar surface area (TPSA) is 12.5 Å². The minimum atomic E-state index is 0.607. The maximum absolute atomic E-state index is 5.18. The summed E-state index contributed by atoms with van der Waals surface area (Å²) in [6, 6.07) is 0. The fourth-order valence-corrected chi connectivity index (χ4v) is 1.74. The summed E-state index contributed by atoms with van der Waals surface area (Å²) in [6.45, 7) is 4.66. The molecule has 98 valence electrons. The minimum Gasteiger partial charge on any atom is -0.373 e. The Labute approximate surface area is 112 Å². The van der Waals surface area contributed by atoms with Gasteiger partial charge in [-0.25, -0.2) is 0 Å². The van der Waals surface area contributed by atoms with Gasteiger partial charge in [-0.2, -0.15) is 0 Å². The quantitative estimate of drug-likeness (QED) is 0.257. The fraction of sp³-hybridized carbons (Fsp3) is 0.647. The van der Waals surface area contributed by atoms with Crippen molar-refractivity contribution in [3.05, 3.63) is 12.7 Å². The van der Waals surface area contributed by atoms with Gasteiger partial charge in [0.25, 0.3) is 0 Å². The van der Waals surface area contributed by atoms with Crippen LogP contribution in [0.3, 0.4) is 0 Å². The highest BCUT2D eigenvalue weighted by Crippen LogP contribution is 2.17. The van der Waals surface area contributed by atoms with Crippen molar-refractivity contribution in [3.63, 3.8) is 0 Å². The molecule has 0 N–H and O–H groups in total. The van der Waals surface area contributed by atoms with E-state index in [1.807, 2.05) is 6.08 Å². The lowest BCUT2D eigenvalue weighted by Gasteiger charge is -1.97. The fourth-order valence-electron chi connectivity index (χ4n) is 1.74. The van der Waals surface area contributed by atoms with Crippen LogP contribution in [0.1, 0.15) is 57.8 Å². The van der Waals surface area contributed by atoms with E-state index in [0.29, 0.717) is 6.10 Å². The zero-order chi connectivity index (χ0) is 12.9. The highest BCUT2D eigenvalue weighted by molar-refractivity contribution is 5.25. The third kappa shape index (κ3) is 10.0. The summed E-state index contributed by atoms with van der Waals surface area (Å²) in [6.07, 6.45) is 13.1. The molecular weight excluding hydrogens is 220 g/mol. The van der Waals surface area contributed by atoms with Crippen LogP contribution in [0.5, 0.6) is 0 Å². The molecule has 1 heteroatoms. The molecule has 0 unspecified atom stereocenters. The van der Waals surface area contributed by atoms with E-state index < -0.39 is 0 Å². The maximum atomic E-state index is 5.18. The highest BCUT2D eigenvalue weighted by atomic mass is 16.6. The number of ether oxygens (including phenoxy) is 1. The van der Waals surface area contributed by atoms with Crippen molar-refractivity contribution >= 4 is 0 Å². The molecule has 1 fully saturated rings. The number of allylic oxidation sites excluding steroid dienone is 1. The van der Waals surface area contributed by atoms with E-state index in [1.54, 1.807) is 0 Å². The molecule has 1 saturated heterocycles. The van der Waals surface area contributed by atoms with E-state index >= 15 is 0 Å². The van der Waals surface area contributed by atoms with E-state index in [1.165, 1.54) is 38.5 Å². The molecule has 0 aromatic carbocycles. The third-order valence-corrected chi connectivity index (χ3v) is 2.94. The zero-order valence-corrected chi connectivity index (χ0v) is 11.3. The summed E-state index contributed by atoms with van der Waals surface area (Å²) in [4.78, 5) is 0. The van der Waals surface area contributed by atoms with Crippen LogP contribution in [0.4, 0.5) is 0 Å². The summed E-state index contributed by atoms with van der Waals surface area (Å²) in [7, 11) is 0. The number of hydrogen-bond donors (Lipinski definition) is 0. The van der Waals surface area contributed by atoms with E-state index in [4.69, 9.17) is 4.74 Å². The van der Waals surface area contributed by atoms with Crippen molar-refractivity contribution in [2.24, 2.45) is 0 Å². The lowest BCUT2D eigenvalue weighted by Crippen LogP contribution is -1.85. The van der Waals surface area contributed by atoms with Crippen LogP contribution >= 0.6 is 0 Å². The SMILES string of the molecule is C=CCCC#CC#CCCCCCCC[C@@H]1CO1. The van der Waals surface area contributed by atoms with E-state index in [-0.39, 0.29) is 0 Å². The Morgan fingerprint density at radius 2 is 1.67 bits per heavy atom. The van der Waals surface area contributed by atoms with Gasteiger partial charge in [0.15, 0.2) is 0 Å². The van der Waals surface area contributed by atoms with Crippen LogP contribution < -0.4 is 0 Å². The molecule has 1 aliphatic rings. The van der Waals surface area contributed by atoms with Gasteiger partial charge in [-0.15, -0.1) is 6.58 Å². The zero-order valence-electron chi connectivity index (χ0n) is 11.3. The Morgan fingerprint density at radius 1 is 1.00 bits per heavy atom. The highest BCUT2D eigenvalue weighted by Gasteiger charge is 2.20. The molecule has 0 bridgehead atoms. The summed E-state index contributed by atoms with van der Waals surface area (Å²) in [5.74, 6) is 11.9. The molecule has 0 saturated carbocycles. The molecule has 1 rings (SSSR count). The number of epoxide rings is 1. The second-order valence-electron chi connectivity index (χ2n) is 4.69. The molecular formula is C17H24O. The van der Waals surface area contributed by atoms with Gasteiger partial charge in [-0.05, 0) is 31.1 Å². The van der Waals surface area contributed by atoms with Crippen LogP contribution in [-0.2, 0) is 4.74 Å². The lowest BCUT2D eigenvalue weighted by molar-refractivity contribution is 0.387. The smallest absolute Gasteiger partial charge is 0.0810 e. The van der Waals surface area contributed by atoms with Crippen molar-refractivity contribution in [1.29, 1.82) is 0 Å².